The Bertz CT molecular complexity index is 240. The van der Waals surface area contributed by atoms with E-state index in [2.05, 4.69) is 30.2 Å². The summed E-state index contributed by atoms with van der Waals surface area (Å²) in [6.45, 7) is 7.04. The standard InChI is InChI=1S/C11H19ClN2/c1-5-10(12)6-7-11(2,3)8-14-9-13-4/h5-7,9H,8H2,1-4H3,(H,13,14)/b7-6-,10-5+. The molecule has 0 atom stereocenters. The predicted octanol–water partition coefficient (Wildman–Crippen LogP) is 2.96. The lowest BCUT2D eigenvalue weighted by atomic mass is 9.93. The third-order valence-electron chi connectivity index (χ3n) is 1.75. The molecular weight excluding hydrogens is 196 g/mol. The molecule has 0 aromatic rings. The average molecular weight is 215 g/mol. The molecule has 0 amide bonds. The lowest BCUT2D eigenvalue weighted by molar-refractivity contribution is 0.473. The van der Waals surface area contributed by atoms with Gasteiger partial charge in [0.1, 0.15) is 0 Å². The van der Waals surface area contributed by atoms with Gasteiger partial charge in [-0.15, -0.1) is 0 Å². The van der Waals surface area contributed by atoms with Crippen LogP contribution in [0.5, 0.6) is 0 Å². The van der Waals surface area contributed by atoms with Crippen molar-refractivity contribution in [3.8, 4) is 0 Å². The van der Waals surface area contributed by atoms with E-state index in [1.165, 1.54) is 0 Å². The van der Waals surface area contributed by atoms with Crippen LogP contribution in [0, 0.1) is 5.41 Å². The van der Waals surface area contributed by atoms with Crippen LogP contribution in [-0.2, 0) is 0 Å². The number of hydrogen-bond acceptors (Lipinski definition) is 1. The zero-order valence-electron chi connectivity index (χ0n) is 9.34. The van der Waals surface area contributed by atoms with Gasteiger partial charge in [-0.05, 0) is 13.0 Å². The van der Waals surface area contributed by atoms with E-state index in [1.807, 2.05) is 19.1 Å². The first-order valence-electron chi connectivity index (χ1n) is 4.67. The van der Waals surface area contributed by atoms with Crippen molar-refractivity contribution in [3.05, 3.63) is 23.3 Å². The van der Waals surface area contributed by atoms with Gasteiger partial charge in [-0.1, -0.05) is 37.6 Å². The van der Waals surface area contributed by atoms with E-state index in [4.69, 9.17) is 11.6 Å². The van der Waals surface area contributed by atoms with Crippen molar-refractivity contribution >= 4 is 17.9 Å². The molecule has 0 radical (unpaired) electrons. The second kappa shape index (κ2) is 6.66. The van der Waals surface area contributed by atoms with Gasteiger partial charge in [0.15, 0.2) is 0 Å². The molecule has 0 saturated carbocycles. The number of hydrogen-bond donors (Lipinski definition) is 1. The normalized spacial score (nSPS) is 14.2. The van der Waals surface area contributed by atoms with Gasteiger partial charge in [0.05, 0.1) is 6.34 Å². The molecule has 0 heterocycles. The van der Waals surface area contributed by atoms with Gasteiger partial charge in [-0.25, -0.2) is 0 Å². The molecule has 0 saturated heterocycles. The number of allylic oxidation sites excluding steroid dienone is 3. The van der Waals surface area contributed by atoms with E-state index in [0.717, 1.165) is 11.6 Å². The third kappa shape index (κ3) is 6.72. The van der Waals surface area contributed by atoms with Crippen molar-refractivity contribution in [2.24, 2.45) is 10.4 Å². The maximum absolute atomic E-state index is 5.86. The van der Waals surface area contributed by atoms with Crippen molar-refractivity contribution in [1.29, 1.82) is 0 Å². The minimum absolute atomic E-state index is 0.0737. The van der Waals surface area contributed by atoms with Gasteiger partial charge in [-0.2, -0.15) is 0 Å². The Balaban J connectivity index is 4.12. The highest BCUT2D eigenvalue weighted by Crippen LogP contribution is 2.17. The van der Waals surface area contributed by atoms with Crippen LogP contribution in [0.25, 0.3) is 0 Å². The summed E-state index contributed by atoms with van der Waals surface area (Å²) in [4.78, 5) is 3.85. The van der Waals surface area contributed by atoms with Crippen LogP contribution in [0.1, 0.15) is 20.8 Å². The Labute approximate surface area is 91.8 Å². The Kier molecular flexibility index (Phi) is 6.30. The fourth-order valence-electron chi connectivity index (χ4n) is 0.860. The van der Waals surface area contributed by atoms with Gasteiger partial charge in [0, 0.05) is 24.0 Å². The van der Waals surface area contributed by atoms with Gasteiger partial charge in [0.2, 0.25) is 0 Å². The summed E-state index contributed by atoms with van der Waals surface area (Å²) < 4.78 is 0. The molecule has 0 aliphatic heterocycles. The van der Waals surface area contributed by atoms with Crippen LogP contribution in [0.2, 0.25) is 0 Å². The predicted molar refractivity (Wildman–Crippen MR) is 64.9 cm³/mol. The molecule has 2 nitrogen and oxygen atoms in total. The average Bonchev–Trinajstić information content (AvgIpc) is 2.14. The summed E-state index contributed by atoms with van der Waals surface area (Å²) >= 11 is 5.86. The van der Waals surface area contributed by atoms with Crippen molar-refractivity contribution < 1.29 is 0 Å². The molecule has 3 heteroatoms. The molecule has 0 rings (SSSR count). The van der Waals surface area contributed by atoms with Gasteiger partial charge in [-0.3, -0.25) is 4.99 Å². The molecule has 0 fully saturated rings. The maximum atomic E-state index is 5.86. The topological polar surface area (TPSA) is 24.4 Å². The number of nitrogens with one attached hydrogen (secondary N) is 1. The molecule has 0 aliphatic rings. The lowest BCUT2D eigenvalue weighted by Gasteiger charge is -2.19. The Morgan fingerprint density at radius 1 is 1.50 bits per heavy atom. The van der Waals surface area contributed by atoms with Gasteiger partial charge in [0.25, 0.3) is 0 Å². The summed E-state index contributed by atoms with van der Waals surface area (Å²) in [7, 11) is 1.74. The second-order valence-corrected chi connectivity index (χ2v) is 4.20. The fourth-order valence-corrected chi connectivity index (χ4v) is 0.923. The molecule has 0 bridgehead atoms. The smallest absolute Gasteiger partial charge is 0.0820 e. The third-order valence-corrected chi connectivity index (χ3v) is 2.09. The first-order valence-corrected chi connectivity index (χ1v) is 5.04. The second-order valence-electron chi connectivity index (χ2n) is 3.76. The van der Waals surface area contributed by atoms with Crippen molar-refractivity contribution in [2.75, 3.05) is 13.6 Å². The summed E-state index contributed by atoms with van der Waals surface area (Å²) in [6.07, 6.45) is 7.58. The maximum Gasteiger partial charge on any atom is 0.0820 e. The number of rotatable bonds is 5. The van der Waals surface area contributed by atoms with E-state index >= 15 is 0 Å². The van der Waals surface area contributed by atoms with Crippen LogP contribution < -0.4 is 5.32 Å². The highest BCUT2D eigenvalue weighted by Gasteiger charge is 2.11. The largest absolute Gasteiger partial charge is 0.376 e. The first kappa shape index (κ1) is 13.2. The highest BCUT2D eigenvalue weighted by atomic mass is 35.5. The summed E-state index contributed by atoms with van der Waals surface area (Å²) in [5.41, 5.74) is 0.0737. The quantitative estimate of drug-likeness (QED) is 0.425. The van der Waals surface area contributed by atoms with Crippen LogP contribution in [-0.4, -0.2) is 19.9 Å². The minimum Gasteiger partial charge on any atom is -0.376 e. The molecule has 0 aromatic heterocycles. The molecule has 1 N–H and O–H groups in total. The zero-order chi connectivity index (χ0) is 11.0. The Morgan fingerprint density at radius 3 is 2.64 bits per heavy atom. The SMILES string of the molecule is C/C=C(Cl)\C=C/C(C)(C)CNC=NC. The number of halogens is 1. The summed E-state index contributed by atoms with van der Waals surface area (Å²) in [6, 6.07) is 0. The van der Waals surface area contributed by atoms with E-state index in [9.17, 15) is 0 Å². The molecule has 0 spiro atoms. The Hall–Kier alpha value is -0.760. The summed E-state index contributed by atoms with van der Waals surface area (Å²) in [5.74, 6) is 0. The lowest BCUT2D eigenvalue weighted by Crippen LogP contribution is -2.26. The Morgan fingerprint density at radius 2 is 2.14 bits per heavy atom. The van der Waals surface area contributed by atoms with Crippen LogP contribution in [0.3, 0.4) is 0 Å². The van der Waals surface area contributed by atoms with Gasteiger partial charge < -0.3 is 5.32 Å². The van der Waals surface area contributed by atoms with Crippen molar-refractivity contribution in [2.45, 2.75) is 20.8 Å². The van der Waals surface area contributed by atoms with E-state index in [-0.39, 0.29) is 5.41 Å². The van der Waals surface area contributed by atoms with Crippen LogP contribution in [0.15, 0.2) is 28.3 Å². The van der Waals surface area contributed by atoms with E-state index in [0.29, 0.717) is 0 Å². The molecule has 0 aromatic carbocycles. The zero-order valence-corrected chi connectivity index (χ0v) is 10.1. The molecule has 0 unspecified atom stereocenters. The molecule has 0 aliphatic carbocycles. The first-order chi connectivity index (χ1) is 6.52. The van der Waals surface area contributed by atoms with Crippen LogP contribution in [0.4, 0.5) is 0 Å². The van der Waals surface area contributed by atoms with Crippen molar-refractivity contribution in [1.82, 2.24) is 5.32 Å². The van der Waals surface area contributed by atoms with E-state index < -0.39 is 0 Å². The van der Waals surface area contributed by atoms with Crippen LogP contribution >= 0.6 is 11.6 Å². The number of nitrogens with zero attached hydrogens (tertiary/aromatic N) is 1. The van der Waals surface area contributed by atoms with Gasteiger partial charge >= 0.3 is 0 Å². The monoisotopic (exact) mass is 214 g/mol. The fraction of sp³-hybridized carbons (Fsp3) is 0.545. The van der Waals surface area contributed by atoms with Crippen molar-refractivity contribution in [3.63, 3.8) is 0 Å². The highest BCUT2D eigenvalue weighted by molar-refractivity contribution is 6.31. The molecule has 14 heavy (non-hydrogen) atoms. The molecular formula is C11H19ClN2. The minimum atomic E-state index is 0.0737. The molecule has 80 valence electrons. The number of aliphatic imine (C=N–C) groups is 1. The summed E-state index contributed by atoms with van der Waals surface area (Å²) in [5, 5.41) is 3.88. The van der Waals surface area contributed by atoms with E-state index in [1.54, 1.807) is 13.4 Å².